The first-order chi connectivity index (χ1) is 13.3. The smallest absolute Gasteiger partial charge is 0.280 e. The number of hydrogen-bond donors (Lipinski definition) is 0. The van der Waals surface area contributed by atoms with Gasteiger partial charge >= 0.3 is 0 Å². The van der Waals surface area contributed by atoms with Crippen LogP contribution < -0.4 is 0 Å². The molecule has 4 heterocycles. The number of fused-ring (bicyclic) bond motifs is 1. The van der Waals surface area contributed by atoms with E-state index >= 15 is 0 Å². The van der Waals surface area contributed by atoms with Crippen LogP contribution in [-0.2, 0) is 17.9 Å². The van der Waals surface area contributed by atoms with Crippen LogP contribution >= 0.6 is 0 Å². The lowest BCUT2D eigenvalue weighted by Crippen LogP contribution is -2.22. The molecule has 0 fully saturated rings. The van der Waals surface area contributed by atoms with E-state index in [0.717, 1.165) is 16.8 Å². The first-order valence-corrected chi connectivity index (χ1v) is 8.32. The average molecular weight is 364 g/mol. The van der Waals surface area contributed by atoms with Crippen LogP contribution in [0, 0.1) is 5.82 Å². The summed E-state index contributed by atoms with van der Waals surface area (Å²) in [6.07, 6.45) is 3.11. The zero-order valence-corrected chi connectivity index (χ0v) is 14.0. The molecule has 4 aromatic rings. The maximum atomic E-state index is 13.1. The Labute approximate surface area is 152 Å². The van der Waals surface area contributed by atoms with Gasteiger partial charge in [-0.15, -0.1) is 5.10 Å². The van der Waals surface area contributed by atoms with Gasteiger partial charge in [-0.3, -0.25) is 4.98 Å². The molecule has 0 spiro atoms. The summed E-state index contributed by atoms with van der Waals surface area (Å²) >= 11 is 0. The summed E-state index contributed by atoms with van der Waals surface area (Å²) in [5.41, 5.74) is 2.89. The fourth-order valence-electron chi connectivity index (χ4n) is 2.99. The Morgan fingerprint density at radius 1 is 1.15 bits per heavy atom. The third-order valence-corrected chi connectivity index (χ3v) is 4.39. The minimum Gasteiger partial charge on any atom is -0.365 e. The van der Waals surface area contributed by atoms with E-state index in [1.165, 1.54) is 12.1 Å². The number of pyridine rings is 1. The van der Waals surface area contributed by atoms with Crippen molar-refractivity contribution < 1.29 is 13.7 Å². The number of ether oxygens (including phenoxy) is 1. The topological polar surface area (TPSA) is 91.8 Å². The quantitative estimate of drug-likeness (QED) is 0.552. The fourth-order valence-corrected chi connectivity index (χ4v) is 2.99. The molecule has 9 heteroatoms. The van der Waals surface area contributed by atoms with Crippen LogP contribution in [-0.4, -0.2) is 30.1 Å². The van der Waals surface area contributed by atoms with Gasteiger partial charge < -0.3 is 9.26 Å². The Morgan fingerprint density at radius 2 is 2.04 bits per heavy atom. The highest BCUT2D eigenvalue weighted by atomic mass is 19.1. The predicted octanol–water partition coefficient (Wildman–Crippen LogP) is 2.80. The van der Waals surface area contributed by atoms with Gasteiger partial charge in [0.05, 0.1) is 18.8 Å². The van der Waals surface area contributed by atoms with E-state index in [-0.39, 0.29) is 24.4 Å². The monoisotopic (exact) mass is 364 g/mol. The SMILES string of the molecule is Fc1ccc([C@H]2Cn3nnc(-c4nc(-c5cccnc5)no4)c3CO2)cc1. The minimum absolute atomic E-state index is 0.221. The molecule has 134 valence electrons. The van der Waals surface area contributed by atoms with Crippen LogP contribution in [0.2, 0.25) is 0 Å². The molecule has 27 heavy (non-hydrogen) atoms. The lowest BCUT2D eigenvalue weighted by molar-refractivity contribution is -0.00120. The van der Waals surface area contributed by atoms with E-state index in [9.17, 15) is 4.39 Å². The lowest BCUT2D eigenvalue weighted by Gasteiger charge is -2.24. The highest BCUT2D eigenvalue weighted by Gasteiger charge is 2.28. The Bertz CT molecular complexity index is 1080. The molecule has 1 aliphatic heterocycles. The molecule has 0 N–H and O–H groups in total. The first-order valence-electron chi connectivity index (χ1n) is 8.32. The van der Waals surface area contributed by atoms with E-state index in [4.69, 9.17) is 9.26 Å². The van der Waals surface area contributed by atoms with E-state index < -0.39 is 0 Å². The molecule has 0 radical (unpaired) electrons. The molecule has 0 saturated carbocycles. The summed E-state index contributed by atoms with van der Waals surface area (Å²) in [6.45, 7) is 0.756. The highest BCUT2D eigenvalue weighted by molar-refractivity contribution is 5.57. The van der Waals surface area contributed by atoms with E-state index in [0.29, 0.717) is 18.1 Å². The zero-order chi connectivity index (χ0) is 18.2. The van der Waals surface area contributed by atoms with Gasteiger partial charge in [-0.25, -0.2) is 9.07 Å². The van der Waals surface area contributed by atoms with Crippen molar-refractivity contribution in [1.29, 1.82) is 0 Å². The van der Waals surface area contributed by atoms with Crippen LogP contribution in [0.1, 0.15) is 17.4 Å². The largest absolute Gasteiger partial charge is 0.365 e. The Kier molecular flexibility index (Phi) is 3.72. The van der Waals surface area contributed by atoms with Crippen molar-refractivity contribution in [2.24, 2.45) is 0 Å². The maximum Gasteiger partial charge on any atom is 0.280 e. The van der Waals surface area contributed by atoms with Gasteiger partial charge in [0.25, 0.3) is 5.89 Å². The van der Waals surface area contributed by atoms with Gasteiger partial charge in [-0.2, -0.15) is 4.98 Å². The van der Waals surface area contributed by atoms with Gasteiger partial charge in [-0.05, 0) is 29.8 Å². The standard InChI is InChI=1S/C18H13FN6O2/c19-13-5-3-11(4-6-13)15-9-25-14(10-26-15)16(22-24-25)18-21-17(23-27-18)12-2-1-7-20-8-12/h1-8,15H,9-10H2/t15-/m1/s1. The molecule has 1 atom stereocenters. The first kappa shape index (κ1) is 15.8. The molecule has 0 saturated heterocycles. The zero-order valence-electron chi connectivity index (χ0n) is 14.0. The highest BCUT2D eigenvalue weighted by Crippen LogP contribution is 2.30. The van der Waals surface area contributed by atoms with Crippen molar-refractivity contribution in [3.05, 3.63) is 65.9 Å². The second-order valence-electron chi connectivity index (χ2n) is 6.08. The Hall–Kier alpha value is -3.46. The van der Waals surface area contributed by atoms with Crippen LogP contribution in [0.25, 0.3) is 23.0 Å². The number of hydrogen-bond acceptors (Lipinski definition) is 7. The van der Waals surface area contributed by atoms with Crippen molar-refractivity contribution in [3.63, 3.8) is 0 Å². The summed E-state index contributed by atoms with van der Waals surface area (Å²) in [7, 11) is 0. The number of aromatic nitrogens is 6. The molecule has 8 nitrogen and oxygen atoms in total. The molecule has 0 unspecified atom stereocenters. The molecular formula is C18H13FN6O2. The van der Waals surface area contributed by atoms with Crippen molar-refractivity contribution in [2.45, 2.75) is 19.3 Å². The van der Waals surface area contributed by atoms with Gasteiger partial charge in [-0.1, -0.05) is 22.5 Å². The van der Waals surface area contributed by atoms with E-state index in [2.05, 4.69) is 25.4 Å². The van der Waals surface area contributed by atoms with Gasteiger partial charge in [0.2, 0.25) is 5.82 Å². The van der Waals surface area contributed by atoms with Crippen LogP contribution in [0.5, 0.6) is 0 Å². The molecule has 0 amide bonds. The normalized spacial score (nSPS) is 16.3. The number of halogens is 1. The van der Waals surface area contributed by atoms with Crippen molar-refractivity contribution in [1.82, 2.24) is 30.1 Å². The number of nitrogens with zero attached hydrogens (tertiary/aromatic N) is 6. The van der Waals surface area contributed by atoms with Crippen LogP contribution in [0.3, 0.4) is 0 Å². The minimum atomic E-state index is -0.279. The Morgan fingerprint density at radius 3 is 2.85 bits per heavy atom. The van der Waals surface area contributed by atoms with Gasteiger partial charge in [0, 0.05) is 18.0 Å². The summed E-state index contributed by atoms with van der Waals surface area (Å²) in [5, 5.41) is 12.3. The van der Waals surface area contributed by atoms with Crippen LogP contribution in [0.4, 0.5) is 4.39 Å². The summed E-state index contributed by atoms with van der Waals surface area (Å²) in [5.74, 6) is 0.429. The second kappa shape index (κ2) is 6.36. The maximum absolute atomic E-state index is 13.1. The second-order valence-corrected chi connectivity index (χ2v) is 6.08. The summed E-state index contributed by atoms with van der Waals surface area (Å²) < 4.78 is 26.1. The molecule has 0 bridgehead atoms. The number of rotatable bonds is 3. The van der Waals surface area contributed by atoms with Crippen molar-refractivity contribution in [3.8, 4) is 23.0 Å². The molecule has 5 rings (SSSR count). The summed E-state index contributed by atoms with van der Waals surface area (Å²) in [6, 6.07) is 9.90. The molecule has 0 aliphatic carbocycles. The van der Waals surface area contributed by atoms with E-state index in [1.807, 2.05) is 6.07 Å². The molecule has 1 aliphatic rings. The van der Waals surface area contributed by atoms with Gasteiger partial charge in [0.1, 0.15) is 11.9 Å². The third kappa shape index (κ3) is 2.87. The van der Waals surface area contributed by atoms with Crippen molar-refractivity contribution >= 4 is 0 Å². The Balaban J connectivity index is 1.42. The molecular weight excluding hydrogens is 351 g/mol. The third-order valence-electron chi connectivity index (χ3n) is 4.39. The van der Waals surface area contributed by atoms with Crippen LogP contribution in [0.15, 0.2) is 53.3 Å². The fraction of sp³-hybridized carbons (Fsp3) is 0.167. The summed E-state index contributed by atoms with van der Waals surface area (Å²) in [4.78, 5) is 8.44. The van der Waals surface area contributed by atoms with Crippen molar-refractivity contribution in [2.75, 3.05) is 0 Å². The molecule has 1 aromatic carbocycles. The molecule has 3 aromatic heterocycles. The average Bonchev–Trinajstić information content (AvgIpc) is 3.36. The van der Waals surface area contributed by atoms with Gasteiger partial charge in [0.15, 0.2) is 5.69 Å². The predicted molar refractivity (Wildman–Crippen MR) is 90.5 cm³/mol. The number of benzene rings is 1. The lowest BCUT2D eigenvalue weighted by atomic mass is 10.1. The van der Waals surface area contributed by atoms with E-state index in [1.54, 1.807) is 35.3 Å².